The van der Waals surface area contributed by atoms with Crippen LogP contribution in [0, 0.1) is 0 Å². The van der Waals surface area contributed by atoms with Crippen LogP contribution in [-0.4, -0.2) is 21.3 Å². The molecule has 2 aliphatic rings. The Hall–Kier alpha value is -1.35. The Labute approximate surface area is 126 Å². The number of imidazole rings is 1. The first kappa shape index (κ1) is 13.3. The molecule has 0 N–H and O–H groups in total. The summed E-state index contributed by atoms with van der Waals surface area (Å²) in [6.45, 7) is 3.15. The monoisotopic (exact) mass is 284 g/mol. The summed E-state index contributed by atoms with van der Waals surface area (Å²) in [7, 11) is 0. The molecular weight excluding hydrogens is 260 g/mol. The molecule has 1 saturated carbocycles. The van der Waals surface area contributed by atoms with Gasteiger partial charge in [0.2, 0.25) is 0 Å². The Morgan fingerprint density at radius 3 is 2.86 bits per heavy atom. The highest BCUT2D eigenvalue weighted by atomic mass is 16.5. The van der Waals surface area contributed by atoms with E-state index in [1.165, 1.54) is 49.9 Å². The van der Waals surface area contributed by atoms with Gasteiger partial charge in [0.1, 0.15) is 5.82 Å². The molecule has 1 saturated heterocycles. The first-order valence-corrected chi connectivity index (χ1v) is 8.42. The first-order valence-electron chi connectivity index (χ1n) is 8.42. The van der Waals surface area contributed by atoms with Crippen molar-refractivity contribution >= 4 is 11.0 Å². The Bertz CT molecular complexity index is 640. The number of aromatic nitrogens is 2. The summed E-state index contributed by atoms with van der Waals surface area (Å²) >= 11 is 0. The summed E-state index contributed by atoms with van der Waals surface area (Å²) in [5.74, 6) is 1.19. The van der Waals surface area contributed by atoms with Crippen LogP contribution in [-0.2, 0) is 17.7 Å². The molecule has 0 amide bonds. The standard InChI is InChI=1S/C18H24N2O/c1-2-17-19-15-7-3-4-8-16(15)20(17)13-14-9-12-18(21-14)10-5-6-11-18/h3-4,7-8,14H,2,5-6,9-13H2,1H3. The Kier molecular flexibility index (Phi) is 3.26. The minimum absolute atomic E-state index is 0.230. The average molecular weight is 284 g/mol. The molecule has 1 unspecified atom stereocenters. The second kappa shape index (κ2) is 5.13. The summed E-state index contributed by atoms with van der Waals surface area (Å²) in [5, 5.41) is 0. The number of hydrogen-bond donors (Lipinski definition) is 0. The SMILES string of the molecule is CCc1nc2ccccc2n1CC1CCC2(CCCC2)O1. The number of para-hydroxylation sites is 2. The van der Waals surface area contributed by atoms with Crippen LogP contribution in [0.15, 0.2) is 24.3 Å². The largest absolute Gasteiger partial charge is 0.370 e. The summed E-state index contributed by atoms with van der Waals surface area (Å²) in [4.78, 5) is 4.77. The lowest BCUT2D eigenvalue weighted by molar-refractivity contribution is -0.0416. The zero-order chi connectivity index (χ0) is 14.3. The van der Waals surface area contributed by atoms with Crippen molar-refractivity contribution in [2.45, 2.75) is 70.1 Å². The van der Waals surface area contributed by atoms with Crippen molar-refractivity contribution in [1.82, 2.24) is 9.55 Å². The third-order valence-corrected chi connectivity index (χ3v) is 5.29. The molecule has 2 aromatic rings. The molecule has 2 fully saturated rings. The van der Waals surface area contributed by atoms with Crippen LogP contribution in [0.2, 0.25) is 0 Å². The predicted molar refractivity (Wildman–Crippen MR) is 84.4 cm³/mol. The van der Waals surface area contributed by atoms with Crippen LogP contribution >= 0.6 is 0 Å². The first-order chi connectivity index (χ1) is 10.3. The van der Waals surface area contributed by atoms with Gasteiger partial charge in [0.05, 0.1) is 29.3 Å². The maximum absolute atomic E-state index is 6.48. The lowest BCUT2D eigenvalue weighted by atomic mass is 9.98. The molecule has 1 aliphatic heterocycles. The summed E-state index contributed by atoms with van der Waals surface area (Å²) in [6.07, 6.45) is 9.05. The van der Waals surface area contributed by atoms with E-state index < -0.39 is 0 Å². The quantitative estimate of drug-likeness (QED) is 0.848. The molecule has 1 aromatic carbocycles. The fourth-order valence-corrected chi connectivity index (χ4v) is 4.21. The Morgan fingerprint density at radius 1 is 1.24 bits per heavy atom. The lowest BCUT2D eigenvalue weighted by Crippen LogP contribution is -2.27. The number of rotatable bonds is 3. The molecule has 0 bridgehead atoms. The van der Waals surface area contributed by atoms with E-state index in [0.29, 0.717) is 6.10 Å². The zero-order valence-corrected chi connectivity index (χ0v) is 12.8. The maximum atomic E-state index is 6.48. The molecule has 112 valence electrons. The smallest absolute Gasteiger partial charge is 0.109 e. The van der Waals surface area contributed by atoms with Crippen molar-refractivity contribution < 1.29 is 4.74 Å². The summed E-state index contributed by atoms with van der Waals surface area (Å²) in [6, 6.07) is 8.47. The van der Waals surface area contributed by atoms with Crippen molar-refractivity contribution in [3.8, 4) is 0 Å². The summed E-state index contributed by atoms with van der Waals surface area (Å²) in [5.41, 5.74) is 2.60. The summed E-state index contributed by atoms with van der Waals surface area (Å²) < 4.78 is 8.87. The van der Waals surface area contributed by atoms with Gasteiger partial charge in [-0.25, -0.2) is 4.98 Å². The lowest BCUT2D eigenvalue weighted by Gasteiger charge is -2.24. The van der Waals surface area contributed by atoms with Crippen molar-refractivity contribution in [3.05, 3.63) is 30.1 Å². The van der Waals surface area contributed by atoms with Gasteiger partial charge in [0.15, 0.2) is 0 Å². The molecule has 2 heterocycles. The fourth-order valence-electron chi connectivity index (χ4n) is 4.21. The van der Waals surface area contributed by atoms with Gasteiger partial charge < -0.3 is 9.30 Å². The highest BCUT2D eigenvalue weighted by Gasteiger charge is 2.42. The molecule has 1 spiro atoms. The number of ether oxygens (including phenoxy) is 1. The Morgan fingerprint density at radius 2 is 2.05 bits per heavy atom. The number of fused-ring (bicyclic) bond motifs is 1. The third-order valence-electron chi connectivity index (χ3n) is 5.29. The Balaban J connectivity index is 1.60. The fraction of sp³-hybridized carbons (Fsp3) is 0.611. The van der Waals surface area contributed by atoms with Gasteiger partial charge in [0, 0.05) is 6.42 Å². The van der Waals surface area contributed by atoms with E-state index in [1.807, 2.05) is 0 Å². The molecule has 21 heavy (non-hydrogen) atoms. The van der Waals surface area contributed by atoms with E-state index in [1.54, 1.807) is 0 Å². The number of nitrogens with zero attached hydrogens (tertiary/aromatic N) is 2. The van der Waals surface area contributed by atoms with Crippen LogP contribution in [0.3, 0.4) is 0 Å². The van der Waals surface area contributed by atoms with Gasteiger partial charge in [-0.2, -0.15) is 0 Å². The average Bonchev–Trinajstić information content (AvgIpc) is 3.21. The zero-order valence-electron chi connectivity index (χ0n) is 12.8. The van der Waals surface area contributed by atoms with E-state index in [-0.39, 0.29) is 5.60 Å². The van der Waals surface area contributed by atoms with Crippen molar-refractivity contribution in [2.75, 3.05) is 0 Å². The number of hydrogen-bond acceptors (Lipinski definition) is 2. The topological polar surface area (TPSA) is 27.1 Å². The van der Waals surface area contributed by atoms with Crippen LogP contribution in [0.1, 0.15) is 51.3 Å². The third kappa shape index (κ3) is 2.28. The van der Waals surface area contributed by atoms with Crippen molar-refractivity contribution in [3.63, 3.8) is 0 Å². The molecule has 1 atom stereocenters. The van der Waals surface area contributed by atoms with E-state index in [0.717, 1.165) is 18.5 Å². The second-order valence-electron chi connectivity index (χ2n) is 6.65. The van der Waals surface area contributed by atoms with Crippen molar-refractivity contribution in [1.29, 1.82) is 0 Å². The minimum Gasteiger partial charge on any atom is -0.370 e. The highest BCUT2D eigenvalue weighted by Crippen LogP contribution is 2.43. The molecule has 1 aliphatic carbocycles. The van der Waals surface area contributed by atoms with Gasteiger partial charge in [-0.1, -0.05) is 31.9 Å². The van der Waals surface area contributed by atoms with Crippen LogP contribution in [0.25, 0.3) is 11.0 Å². The molecule has 3 nitrogen and oxygen atoms in total. The van der Waals surface area contributed by atoms with Gasteiger partial charge >= 0.3 is 0 Å². The van der Waals surface area contributed by atoms with E-state index in [4.69, 9.17) is 9.72 Å². The number of benzene rings is 1. The van der Waals surface area contributed by atoms with E-state index >= 15 is 0 Å². The predicted octanol–water partition coefficient (Wildman–Crippen LogP) is 4.09. The van der Waals surface area contributed by atoms with Crippen LogP contribution in [0.5, 0.6) is 0 Å². The van der Waals surface area contributed by atoms with Crippen LogP contribution in [0.4, 0.5) is 0 Å². The molecule has 0 radical (unpaired) electrons. The maximum Gasteiger partial charge on any atom is 0.109 e. The molecule has 4 rings (SSSR count). The minimum atomic E-state index is 0.230. The number of aryl methyl sites for hydroxylation is 1. The van der Waals surface area contributed by atoms with E-state index in [9.17, 15) is 0 Å². The van der Waals surface area contributed by atoms with E-state index in [2.05, 4.69) is 35.8 Å². The van der Waals surface area contributed by atoms with Crippen LogP contribution < -0.4 is 0 Å². The molecule has 1 aromatic heterocycles. The van der Waals surface area contributed by atoms with Crippen molar-refractivity contribution in [2.24, 2.45) is 0 Å². The van der Waals surface area contributed by atoms with Gasteiger partial charge in [-0.05, 0) is 37.8 Å². The normalized spacial score (nSPS) is 24.3. The second-order valence-corrected chi connectivity index (χ2v) is 6.65. The highest BCUT2D eigenvalue weighted by molar-refractivity contribution is 5.75. The van der Waals surface area contributed by atoms with Gasteiger partial charge in [0.25, 0.3) is 0 Å². The van der Waals surface area contributed by atoms with Gasteiger partial charge in [-0.3, -0.25) is 0 Å². The molecular formula is C18H24N2O. The molecule has 3 heteroatoms. The van der Waals surface area contributed by atoms with Gasteiger partial charge in [-0.15, -0.1) is 0 Å².